The van der Waals surface area contributed by atoms with Gasteiger partial charge >= 0.3 is 0 Å². The Balaban J connectivity index is 1.90. The fraction of sp³-hybridized carbons (Fsp3) is 0.529. The number of rotatable bonds is 5. The van der Waals surface area contributed by atoms with Crippen molar-refractivity contribution in [1.82, 2.24) is 9.80 Å². The highest BCUT2D eigenvalue weighted by molar-refractivity contribution is 5.81. The van der Waals surface area contributed by atoms with E-state index in [1.165, 1.54) is 0 Å². The van der Waals surface area contributed by atoms with E-state index in [4.69, 9.17) is 5.26 Å². The Labute approximate surface area is 137 Å². The van der Waals surface area contributed by atoms with E-state index < -0.39 is 0 Å². The van der Waals surface area contributed by atoms with Crippen LogP contribution < -0.4 is 4.90 Å². The van der Waals surface area contributed by atoms with Gasteiger partial charge in [0.15, 0.2) is 0 Å². The molecule has 0 saturated carbocycles. The van der Waals surface area contributed by atoms with Gasteiger partial charge in [-0.25, -0.2) is 0 Å². The molecule has 23 heavy (non-hydrogen) atoms. The number of anilines is 1. The third-order valence-corrected chi connectivity index (χ3v) is 4.38. The van der Waals surface area contributed by atoms with E-state index in [0.717, 1.165) is 31.9 Å². The first-order chi connectivity index (χ1) is 11.0. The monoisotopic (exact) mass is 316 g/mol. The molecule has 1 N–H and O–H groups in total. The fourth-order valence-electron chi connectivity index (χ4n) is 2.88. The van der Waals surface area contributed by atoms with Crippen LogP contribution in [0, 0.1) is 11.3 Å². The van der Waals surface area contributed by atoms with Gasteiger partial charge in [-0.3, -0.25) is 9.69 Å². The maximum Gasteiger partial charge on any atom is 0.239 e. The molecule has 0 aliphatic carbocycles. The SMILES string of the molecule is CC(C(=O)N(C)CCC#N)N1CCN(c2ccccc2O)CC1. The normalized spacial score (nSPS) is 16.7. The number of para-hydroxylation sites is 2. The van der Waals surface area contributed by atoms with Gasteiger partial charge in [-0.1, -0.05) is 12.1 Å². The van der Waals surface area contributed by atoms with Crippen molar-refractivity contribution in [1.29, 1.82) is 5.26 Å². The Kier molecular flexibility index (Phi) is 5.83. The number of aromatic hydroxyl groups is 1. The lowest BCUT2D eigenvalue weighted by molar-refractivity contribution is -0.135. The molecule has 2 rings (SSSR count). The molecule has 1 aliphatic rings. The summed E-state index contributed by atoms with van der Waals surface area (Å²) < 4.78 is 0. The molecule has 0 radical (unpaired) electrons. The lowest BCUT2D eigenvalue weighted by Crippen LogP contribution is -2.54. The largest absolute Gasteiger partial charge is 0.506 e. The zero-order valence-corrected chi connectivity index (χ0v) is 13.8. The van der Waals surface area contributed by atoms with Crippen molar-refractivity contribution in [2.24, 2.45) is 0 Å². The number of phenolic OH excluding ortho intramolecular Hbond substituents is 1. The first kappa shape index (κ1) is 17.1. The second-order valence-electron chi connectivity index (χ2n) is 5.86. The average molecular weight is 316 g/mol. The predicted molar refractivity (Wildman–Crippen MR) is 89.2 cm³/mol. The van der Waals surface area contributed by atoms with Crippen molar-refractivity contribution in [3.8, 4) is 11.8 Å². The van der Waals surface area contributed by atoms with Crippen LogP contribution in [0.25, 0.3) is 0 Å². The smallest absolute Gasteiger partial charge is 0.239 e. The van der Waals surface area contributed by atoms with Crippen molar-refractivity contribution in [3.63, 3.8) is 0 Å². The Hall–Kier alpha value is -2.26. The zero-order chi connectivity index (χ0) is 16.8. The molecule has 6 heteroatoms. The van der Waals surface area contributed by atoms with Crippen molar-refractivity contribution < 1.29 is 9.90 Å². The Morgan fingerprint density at radius 2 is 2.00 bits per heavy atom. The molecule has 1 fully saturated rings. The number of likely N-dealkylation sites (N-methyl/N-ethyl adjacent to an activating group) is 1. The van der Waals surface area contributed by atoms with Crippen molar-refractivity contribution in [3.05, 3.63) is 24.3 Å². The van der Waals surface area contributed by atoms with Crippen molar-refractivity contribution in [2.75, 3.05) is 44.7 Å². The fourth-order valence-corrected chi connectivity index (χ4v) is 2.88. The Morgan fingerprint density at radius 1 is 1.35 bits per heavy atom. The predicted octanol–water partition coefficient (Wildman–Crippen LogP) is 1.27. The summed E-state index contributed by atoms with van der Waals surface area (Å²) in [5, 5.41) is 18.6. The number of nitrogens with zero attached hydrogens (tertiary/aromatic N) is 4. The maximum atomic E-state index is 12.4. The highest BCUT2D eigenvalue weighted by Crippen LogP contribution is 2.27. The molecule has 1 amide bonds. The second-order valence-corrected chi connectivity index (χ2v) is 5.86. The van der Waals surface area contributed by atoms with Gasteiger partial charge in [0.25, 0.3) is 0 Å². The van der Waals surface area contributed by atoms with Gasteiger partial charge in [0.1, 0.15) is 5.75 Å². The number of carbonyl (C=O) groups is 1. The molecule has 0 aromatic heterocycles. The molecule has 0 bridgehead atoms. The summed E-state index contributed by atoms with van der Waals surface area (Å²) in [7, 11) is 1.74. The number of hydrogen-bond donors (Lipinski definition) is 1. The van der Waals surface area contributed by atoms with Crippen LogP contribution in [0.2, 0.25) is 0 Å². The van der Waals surface area contributed by atoms with Crippen molar-refractivity contribution >= 4 is 11.6 Å². The highest BCUT2D eigenvalue weighted by Gasteiger charge is 2.27. The molecule has 1 aromatic carbocycles. The van der Waals surface area contributed by atoms with Crippen LogP contribution in [-0.4, -0.2) is 66.6 Å². The van der Waals surface area contributed by atoms with Crippen LogP contribution in [0.4, 0.5) is 5.69 Å². The summed E-state index contributed by atoms with van der Waals surface area (Å²) in [5.41, 5.74) is 0.845. The van der Waals surface area contributed by atoms with Gasteiger partial charge in [-0.05, 0) is 19.1 Å². The third kappa shape index (κ3) is 4.14. The molecule has 1 aliphatic heterocycles. The lowest BCUT2D eigenvalue weighted by Gasteiger charge is -2.39. The number of amides is 1. The number of hydrogen-bond acceptors (Lipinski definition) is 5. The lowest BCUT2D eigenvalue weighted by atomic mass is 10.1. The van der Waals surface area contributed by atoms with Gasteiger partial charge in [0.05, 0.1) is 24.2 Å². The van der Waals surface area contributed by atoms with E-state index in [2.05, 4.69) is 15.9 Å². The summed E-state index contributed by atoms with van der Waals surface area (Å²) in [6.07, 6.45) is 0.357. The topological polar surface area (TPSA) is 70.8 Å². The van der Waals surface area contributed by atoms with Gasteiger partial charge in [-0.2, -0.15) is 5.26 Å². The standard InChI is InChI=1S/C17H24N4O2/c1-14(17(23)19(2)9-5-8-18)20-10-12-21(13-11-20)15-6-3-4-7-16(15)22/h3-4,6-7,14,22H,5,9-13H2,1-2H3. The molecule has 1 aromatic rings. The van der Waals surface area contributed by atoms with Gasteiger partial charge in [-0.15, -0.1) is 0 Å². The minimum atomic E-state index is -0.190. The minimum absolute atomic E-state index is 0.0521. The third-order valence-electron chi connectivity index (χ3n) is 4.38. The van der Waals surface area contributed by atoms with E-state index in [1.807, 2.05) is 25.1 Å². The minimum Gasteiger partial charge on any atom is -0.506 e. The first-order valence-electron chi connectivity index (χ1n) is 7.93. The number of carbonyl (C=O) groups excluding carboxylic acids is 1. The Bertz CT molecular complexity index is 576. The van der Waals surface area contributed by atoms with E-state index >= 15 is 0 Å². The molecular weight excluding hydrogens is 292 g/mol. The number of benzene rings is 1. The van der Waals surface area contributed by atoms with Crippen LogP contribution in [0.15, 0.2) is 24.3 Å². The van der Waals surface area contributed by atoms with Crippen LogP contribution in [0.5, 0.6) is 5.75 Å². The summed E-state index contributed by atoms with van der Waals surface area (Å²) in [6.45, 7) is 5.48. The van der Waals surface area contributed by atoms with Gasteiger partial charge in [0, 0.05) is 39.8 Å². The van der Waals surface area contributed by atoms with Gasteiger partial charge in [0.2, 0.25) is 5.91 Å². The summed E-state index contributed by atoms with van der Waals surface area (Å²) in [4.78, 5) is 18.3. The molecule has 0 spiro atoms. The average Bonchev–Trinajstić information content (AvgIpc) is 2.59. The second kappa shape index (κ2) is 7.84. The number of piperazine rings is 1. The molecular formula is C17H24N4O2. The Morgan fingerprint density at radius 3 is 2.61 bits per heavy atom. The van der Waals surface area contributed by atoms with Gasteiger partial charge < -0.3 is 14.9 Å². The van der Waals surface area contributed by atoms with E-state index in [0.29, 0.717) is 18.7 Å². The summed E-state index contributed by atoms with van der Waals surface area (Å²) >= 11 is 0. The quantitative estimate of drug-likeness (QED) is 0.886. The molecule has 124 valence electrons. The highest BCUT2D eigenvalue weighted by atomic mass is 16.3. The van der Waals surface area contributed by atoms with Crippen LogP contribution in [0.1, 0.15) is 13.3 Å². The van der Waals surface area contributed by atoms with E-state index in [1.54, 1.807) is 18.0 Å². The van der Waals surface area contributed by atoms with Crippen LogP contribution in [0.3, 0.4) is 0 Å². The van der Waals surface area contributed by atoms with E-state index in [9.17, 15) is 9.90 Å². The van der Waals surface area contributed by atoms with Crippen LogP contribution in [-0.2, 0) is 4.79 Å². The number of nitriles is 1. The van der Waals surface area contributed by atoms with Crippen LogP contribution >= 0.6 is 0 Å². The van der Waals surface area contributed by atoms with Crippen molar-refractivity contribution in [2.45, 2.75) is 19.4 Å². The summed E-state index contributed by atoms with van der Waals surface area (Å²) in [6, 6.07) is 9.20. The molecule has 1 atom stereocenters. The molecule has 1 saturated heterocycles. The zero-order valence-electron chi connectivity index (χ0n) is 13.8. The molecule has 6 nitrogen and oxygen atoms in total. The molecule has 1 unspecified atom stereocenters. The summed E-state index contributed by atoms with van der Waals surface area (Å²) in [5.74, 6) is 0.345. The molecule has 1 heterocycles. The maximum absolute atomic E-state index is 12.4. The first-order valence-corrected chi connectivity index (χ1v) is 7.93. The number of phenols is 1. The van der Waals surface area contributed by atoms with E-state index in [-0.39, 0.29) is 11.9 Å².